The third kappa shape index (κ3) is 4.26. The summed E-state index contributed by atoms with van der Waals surface area (Å²) in [5.41, 5.74) is -0.100. The third-order valence-corrected chi connectivity index (χ3v) is 2.97. The van der Waals surface area contributed by atoms with Gasteiger partial charge in [-0.3, -0.25) is 9.59 Å². The van der Waals surface area contributed by atoms with Crippen molar-refractivity contribution in [1.82, 2.24) is 0 Å². The van der Waals surface area contributed by atoms with Gasteiger partial charge in [0.15, 0.2) is 17.3 Å². The van der Waals surface area contributed by atoms with E-state index in [4.69, 9.17) is 14.6 Å². The molecular formula is C15H20O5. The molecule has 110 valence electrons. The molecule has 0 aliphatic rings. The van der Waals surface area contributed by atoms with Crippen LogP contribution in [0.4, 0.5) is 0 Å². The first-order valence-electron chi connectivity index (χ1n) is 6.26. The van der Waals surface area contributed by atoms with Gasteiger partial charge < -0.3 is 14.6 Å². The van der Waals surface area contributed by atoms with Crippen molar-refractivity contribution < 1.29 is 24.2 Å². The molecule has 0 amide bonds. The van der Waals surface area contributed by atoms with Gasteiger partial charge in [0.05, 0.1) is 20.6 Å². The number of hydrogen-bond donors (Lipinski definition) is 1. The predicted molar refractivity (Wildman–Crippen MR) is 74.5 cm³/mol. The van der Waals surface area contributed by atoms with Crippen LogP contribution in [0.3, 0.4) is 0 Å². The number of Topliss-reactive ketones (excluding diaryl/α,β-unsaturated/α-hetero) is 1. The highest BCUT2D eigenvalue weighted by molar-refractivity contribution is 5.97. The van der Waals surface area contributed by atoms with Gasteiger partial charge in [0.2, 0.25) is 0 Å². The fraction of sp³-hybridized carbons (Fsp3) is 0.467. The number of carboxylic acids is 1. The summed E-state index contributed by atoms with van der Waals surface area (Å²) in [5, 5.41) is 8.84. The molecule has 1 aromatic rings. The molecule has 0 heterocycles. The summed E-state index contributed by atoms with van der Waals surface area (Å²) in [6.45, 7) is 3.53. The minimum atomic E-state index is -0.907. The zero-order chi connectivity index (χ0) is 15.3. The molecule has 0 fully saturated rings. The Labute approximate surface area is 118 Å². The molecular weight excluding hydrogens is 260 g/mol. The summed E-state index contributed by atoms with van der Waals surface area (Å²) in [6, 6.07) is 4.93. The van der Waals surface area contributed by atoms with Crippen LogP contribution in [0.5, 0.6) is 11.5 Å². The fourth-order valence-electron chi connectivity index (χ4n) is 2.02. The number of aliphatic carboxylic acids is 1. The lowest BCUT2D eigenvalue weighted by molar-refractivity contribution is -0.139. The minimum absolute atomic E-state index is 0.0496. The van der Waals surface area contributed by atoms with E-state index in [0.717, 1.165) is 0 Å². The fourth-order valence-corrected chi connectivity index (χ4v) is 2.02. The Bertz CT molecular complexity index is 505. The molecule has 0 spiro atoms. The van der Waals surface area contributed by atoms with Crippen LogP contribution in [0.25, 0.3) is 0 Å². The number of rotatable bonds is 7. The monoisotopic (exact) mass is 280 g/mol. The van der Waals surface area contributed by atoms with E-state index in [0.29, 0.717) is 17.1 Å². The number of methoxy groups -OCH3 is 2. The van der Waals surface area contributed by atoms with Crippen LogP contribution in [0, 0.1) is 5.41 Å². The highest BCUT2D eigenvalue weighted by atomic mass is 16.5. The van der Waals surface area contributed by atoms with Crippen LogP contribution >= 0.6 is 0 Å². The van der Waals surface area contributed by atoms with E-state index in [-0.39, 0.29) is 18.6 Å². The van der Waals surface area contributed by atoms with Crippen LogP contribution < -0.4 is 9.47 Å². The molecule has 5 nitrogen and oxygen atoms in total. The molecule has 0 unspecified atom stereocenters. The number of ketones is 1. The van der Waals surface area contributed by atoms with Crippen LogP contribution in [0.2, 0.25) is 0 Å². The first-order valence-corrected chi connectivity index (χ1v) is 6.26. The van der Waals surface area contributed by atoms with E-state index in [1.54, 1.807) is 32.0 Å². The zero-order valence-electron chi connectivity index (χ0n) is 12.2. The quantitative estimate of drug-likeness (QED) is 0.777. The van der Waals surface area contributed by atoms with Crippen LogP contribution in [0.15, 0.2) is 18.2 Å². The van der Waals surface area contributed by atoms with Gasteiger partial charge in [0.1, 0.15) is 0 Å². The number of ether oxygens (including phenoxy) is 2. The Kier molecular flexibility index (Phi) is 5.13. The molecule has 1 N–H and O–H groups in total. The summed E-state index contributed by atoms with van der Waals surface area (Å²) in [7, 11) is 3.02. The molecule has 1 aromatic carbocycles. The Balaban J connectivity index is 2.90. The van der Waals surface area contributed by atoms with Crippen molar-refractivity contribution in [2.45, 2.75) is 26.7 Å². The smallest absolute Gasteiger partial charge is 0.303 e. The van der Waals surface area contributed by atoms with Gasteiger partial charge in [-0.05, 0) is 23.6 Å². The van der Waals surface area contributed by atoms with Crippen molar-refractivity contribution >= 4 is 11.8 Å². The van der Waals surface area contributed by atoms with Gasteiger partial charge in [-0.25, -0.2) is 0 Å². The molecule has 1 rings (SSSR count). The third-order valence-electron chi connectivity index (χ3n) is 2.97. The predicted octanol–water partition coefficient (Wildman–Crippen LogP) is 2.78. The van der Waals surface area contributed by atoms with Gasteiger partial charge in [0.25, 0.3) is 0 Å². The molecule has 0 aliphatic heterocycles. The summed E-state index contributed by atoms with van der Waals surface area (Å²) < 4.78 is 10.3. The molecule has 0 radical (unpaired) electrons. The normalized spacial score (nSPS) is 11.0. The van der Waals surface area contributed by atoms with E-state index in [1.165, 1.54) is 14.2 Å². The summed E-state index contributed by atoms with van der Waals surface area (Å²) >= 11 is 0. The lowest BCUT2D eigenvalue weighted by Gasteiger charge is -2.21. The molecule has 5 heteroatoms. The van der Waals surface area contributed by atoms with Crippen molar-refractivity contribution in [3.8, 4) is 11.5 Å². The molecule has 0 saturated carbocycles. The number of carbonyl (C=O) groups excluding carboxylic acids is 1. The van der Waals surface area contributed by atoms with Crippen molar-refractivity contribution in [2.24, 2.45) is 5.41 Å². The van der Waals surface area contributed by atoms with E-state index in [2.05, 4.69) is 0 Å². The van der Waals surface area contributed by atoms with Crippen molar-refractivity contribution in [3.05, 3.63) is 23.8 Å². The largest absolute Gasteiger partial charge is 0.493 e. The first kappa shape index (κ1) is 16.0. The molecule has 0 atom stereocenters. The molecule has 0 bridgehead atoms. The van der Waals surface area contributed by atoms with Gasteiger partial charge >= 0.3 is 5.97 Å². The maximum atomic E-state index is 12.2. The lowest BCUT2D eigenvalue weighted by Crippen LogP contribution is -2.21. The van der Waals surface area contributed by atoms with Gasteiger partial charge in [-0.2, -0.15) is 0 Å². The van der Waals surface area contributed by atoms with Crippen LogP contribution in [-0.2, 0) is 4.79 Å². The molecule has 0 saturated heterocycles. The zero-order valence-corrected chi connectivity index (χ0v) is 12.2. The highest BCUT2D eigenvalue weighted by Crippen LogP contribution is 2.31. The van der Waals surface area contributed by atoms with Gasteiger partial charge in [-0.1, -0.05) is 13.8 Å². The molecule has 20 heavy (non-hydrogen) atoms. The van der Waals surface area contributed by atoms with E-state index < -0.39 is 11.4 Å². The number of carbonyl (C=O) groups is 2. The topological polar surface area (TPSA) is 72.8 Å². The van der Waals surface area contributed by atoms with Crippen molar-refractivity contribution in [1.29, 1.82) is 0 Å². The van der Waals surface area contributed by atoms with Crippen molar-refractivity contribution in [3.63, 3.8) is 0 Å². The Morgan fingerprint density at radius 2 is 1.70 bits per heavy atom. The minimum Gasteiger partial charge on any atom is -0.493 e. The van der Waals surface area contributed by atoms with E-state index >= 15 is 0 Å². The van der Waals surface area contributed by atoms with Crippen molar-refractivity contribution in [2.75, 3.05) is 14.2 Å². The molecule has 0 aromatic heterocycles. The maximum absolute atomic E-state index is 12.2. The standard InChI is InChI=1S/C15H20O5/c1-15(2,9-14(17)18)8-11(16)10-5-6-12(19-3)13(7-10)20-4/h5-7H,8-9H2,1-4H3,(H,17,18). The van der Waals surface area contributed by atoms with Gasteiger partial charge in [-0.15, -0.1) is 0 Å². The first-order chi connectivity index (χ1) is 9.29. The average Bonchev–Trinajstić information content (AvgIpc) is 2.35. The van der Waals surface area contributed by atoms with E-state index in [9.17, 15) is 9.59 Å². The second-order valence-corrected chi connectivity index (χ2v) is 5.40. The van der Waals surface area contributed by atoms with Gasteiger partial charge in [0, 0.05) is 12.0 Å². The summed E-state index contributed by atoms with van der Waals surface area (Å²) in [6.07, 6.45) is 0.112. The number of benzene rings is 1. The SMILES string of the molecule is COc1ccc(C(=O)CC(C)(C)CC(=O)O)cc1OC. The van der Waals surface area contributed by atoms with Crippen LogP contribution in [-0.4, -0.2) is 31.1 Å². The molecule has 0 aliphatic carbocycles. The average molecular weight is 280 g/mol. The number of hydrogen-bond acceptors (Lipinski definition) is 4. The maximum Gasteiger partial charge on any atom is 0.303 e. The lowest BCUT2D eigenvalue weighted by atomic mass is 9.82. The second-order valence-electron chi connectivity index (χ2n) is 5.40. The van der Waals surface area contributed by atoms with Crippen LogP contribution in [0.1, 0.15) is 37.0 Å². The highest BCUT2D eigenvalue weighted by Gasteiger charge is 2.26. The Hall–Kier alpha value is -2.04. The number of carboxylic acid groups (broad SMARTS) is 1. The summed E-state index contributed by atoms with van der Waals surface area (Å²) in [5.74, 6) is 0.00977. The Morgan fingerprint density at radius 3 is 2.20 bits per heavy atom. The van der Waals surface area contributed by atoms with E-state index in [1.807, 2.05) is 0 Å². The second kappa shape index (κ2) is 6.41. The summed E-state index contributed by atoms with van der Waals surface area (Å²) in [4.78, 5) is 23.0. The Morgan fingerprint density at radius 1 is 1.10 bits per heavy atom.